The molecular formula is C18H34IN5O. The Kier molecular flexibility index (Phi) is 11.1. The Bertz CT molecular complexity index is 497. The maximum absolute atomic E-state index is 5.26. The molecule has 2 N–H and O–H groups in total. The van der Waals surface area contributed by atoms with Crippen LogP contribution < -0.4 is 10.6 Å². The van der Waals surface area contributed by atoms with E-state index in [9.17, 15) is 0 Å². The Morgan fingerprint density at radius 3 is 2.68 bits per heavy atom. The van der Waals surface area contributed by atoms with Crippen LogP contribution in [0.15, 0.2) is 9.52 Å². The standard InChI is InChI=1S/C18H33N5O.HI/c1-4-19-18(20-12-7-10-15-8-5-6-9-15)21-13-11-16-22-17(14(2)3)23-24-16;/h14-15H,4-13H2,1-3H3,(H2,19,20,21);1H. The molecule has 0 bridgehead atoms. The van der Waals surface area contributed by atoms with Gasteiger partial charge in [-0.05, 0) is 25.7 Å². The van der Waals surface area contributed by atoms with Gasteiger partial charge >= 0.3 is 0 Å². The SMILES string of the molecule is CCNC(=NCCCC1CCCC1)NCCc1nc(C(C)C)no1.I. The lowest BCUT2D eigenvalue weighted by molar-refractivity contribution is 0.371. The van der Waals surface area contributed by atoms with E-state index in [2.05, 4.69) is 46.5 Å². The topological polar surface area (TPSA) is 75.3 Å². The van der Waals surface area contributed by atoms with E-state index in [0.717, 1.165) is 37.3 Å². The van der Waals surface area contributed by atoms with Crippen LogP contribution >= 0.6 is 24.0 Å². The highest BCUT2D eigenvalue weighted by atomic mass is 127. The zero-order chi connectivity index (χ0) is 17.2. The highest BCUT2D eigenvalue weighted by Crippen LogP contribution is 2.28. The van der Waals surface area contributed by atoms with Crippen LogP contribution in [0.1, 0.15) is 76.9 Å². The summed E-state index contributed by atoms with van der Waals surface area (Å²) in [6, 6.07) is 0. The Morgan fingerprint density at radius 2 is 2.04 bits per heavy atom. The minimum atomic E-state index is 0. The van der Waals surface area contributed by atoms with E-state index in [1.165, 1.54) is 38.5 Å². The van der Waals surface area contributed by atoms with E-state index in [1.807, 2.05) is 0 Å². The maximum atomic E-state index is 5.26. The fourth-order valence-electron chi connectivity index (χ4n) is 3.10. The van der Waals surface area contributed by atoms with Crippen LogP contribution in [0, 0.1) is 5.92 Å². The molecule has 1 aliphatic carbocycles. The molecule has 2 rings (SSSR count). The molecule has 0 unspecified atom stereocenters. The monoisotopic (exact) mass is 463 g/mol. The first-order valence-corrected chi connectivity index (χ1v) is 9.53. The van der Waals surface area contributed by atoms with Crippen molar-refractivity contribution in [2.75, 3.05) is 19.6 Å². The van der Waals surface area contributed by atoms with Gasteiger partial charge in [-0.3, -0.25) is 4.99 Å². The summed E-state index contributed by atoms with van der Waals surface area (Å²) >= 11 is 0. The minimum absolute atomic E-state index is 0. The van der Waals surface area contributed by atoms with Crippen LogP contribution in [0.3, 0.4) is 0 Å². The van der Waals surface area contributed by atoms with Crippen molar-refractivity contribution in [1.82, 2.24) is 20.8 Å². The second-order valence-corrected chi connectivity index (χ2v) is 6.93. The quantitative estimate of drug-likeness (QED) is 0.252. The highest BCUT2D eigenvalue weighted by molar-refractivity contribution is 14.0. The van der Waals surface area contributed by atoms with Crippen molar-refractivity contribution in [1.29, 1.82) is 0 Å². The van der Waals surface area contributed by atoms with Crippen molar-refractivity contribution in [3.63, 3.8) is 0 Å². The molecule has 0 atom stereocenters. The Labute approximate surface area is 169 Å². The van der Waals surface area contributed by atoms with Gasteiger partial charge in [0.05, 0.1) is 0 Å². The summed E-state index contributed by atoms with van der Waals surface area (Å²) in [6.45, 7) is 8.72. The number of rotatable bonds is 9. The van der Waals surface area contributed by atoms with E-state index in [1.54, 1.807) is 0 Å². The number of aromatic nitrogens is 2. The van der Waals surface area contributed by atoms with Gasteiger partial charge in [0.15, 0.2) is 11.8 Å². The normalized spacial score (nSPS) is 15.4. The van der Waals surface area contributed by atoms with Crippen LogP contribution in [0.5, 0.6) is 0 Å². The molecule has 0 aromatic carbocycles. The van der Waals surface area contributed by atoms with E-state index in [4.69, 9.17) is 4.52 Å². The predicted octanol–water partition coefficient (Wildman–Crippen LogP) is 3.88. The number of hydrogen-bond donors (Lipinski definition) is 2. The molecule has 1 aromatic heterocycles. The van der Waals surface area contributed by atoms with Gasteiger partial charge in [0.1, 0.15) is 0 Å². The van der Waals surface area contributed by atoms with Gasteiger partial charge in [-0.1, -0.05) is 44.7 Å². The van der Waals surface area contributed by atoms with Crippen LogP contribution in [0.25, 0.3) is 0 Å². The summed E-state index contributed by atoms with van der Waals surface area (Å²) in [4.78, 5) is 9.06. The van der Waals surface area contributed by atoms with Crippen LogP contribution in [0.4, 0.5) is 0 Å². The van der Waals surface area contributed by atoms with Crippen molar-refractivity contribution in [2.24, 2.45) is 10.9 Å². The average Bonchev–Trinajstić information content (AvgIpc) is 3.23. The fourth-order valence-corrected chi connectivity index (χ4v) is 3.10. The zero-order valence-corrected chi connectivity index (χ0v) is 18.2. The molecule has 0 aliphatic heterocycles. The van der Waals surface area contributed by atoms with E-state index in [0.29, 0.717) is 18.2 Å². The summed E-state index contributed by atoms with van der Waals surface area (Å²) in [5.41, 5.74) is 0. The van der Waals surface area contributed by atoms with Crippen molar-refractivity contribution in [3.8, 4) is 0 Å². The Hall–Kier alpha value is -0.860. The first-order chi connectivity index (χ1) is 11.7. The van der Waals surface area contributed by atoms with Gasteiger partial charge in [-0.15, -0.1) is 24.0 Å². The van der Waals surface area contributed by atoms with Crippen LogP contribution in [-0.4, -0.2) is 35.7 Å². The van der Waals surface area contributed by atoms with E-state index >= 15 is 0 Å². The lowest BCUT2D eigenvalue weighted by Gasteiger charge is -2.11. The van der Waals surface area contributed by atoms with Gasteiger partial charge in [0.25, 0.3) is 0 Å². The lowest BCUT2D eigenvalue weighted by Crippen LogP contribution is -2.38. The number of hydrogen-bond acceptors (Lipinski definition) is 4. The van der Waals surface area contributed by atoms with Gasteiger partial charge < -0.3 is 15.2 Å². The third kappa shape index (κ3) is 8.37. The number of aliphatic imine (C=N–C) groups is 1. The number of halogens is 1. The van der Waals surface area contributed by atoms with Gasteiger partial charge in [0.2, 0.25) is 5.89 Å². The average molecular weight is 463 g/mol. The zero-order valence-electron chi connectivity index (χ0n) is 15.9. The summed E-state index contributed by atoms with van der Waals surface area (Å²) in [6.07, 6.45) is 8.91. The van der Waals surface area contributed by atoms with Crippen LogP contribution in [-0.2, 0) is 6.42 Å². The molecule has 25 heavy (non-hydrogen) atoms. The summed E-state index contributed by atoms with van der Waals surface area (Å²) in [5, 5.41) is 10.6. The smallest absolute Gasteiger partial charge is 0.228 e. The third-order valence-corrected chi connectivity index (χ3v) is 4.49. The van der Waals surface area contributed by atoms with Gasteiger partial charge in [-0.2, -0.15) is 4.98 Å². The molecular weight excluding hydrogens is 429 g/mol. The maximum Gasteiger partial charge on any atom is 0.228 e. The molecule has 1 heterocycles. The molecule has 144 valence electrons. The Balaban J connectivity index is 0.00000312. The molecule has 1 fully saturated rings. The lowest BCUT2D eigenvalue weighted by atomic mass is 10.0. The number of nitrogens with one attached hydrogen (secondary N) is 2. The molecule has 1 aliphatic rings. The first kappa shape index (κ1) is 22.2. The second-order valence-electron chi connectivity index (χ2n) is 6.93. The first-order valence-electron chi connectivity index (χ1n) is 9.53. The summed E-state index contributed by atoms with van der Waals surface area (Å²) in [7, 11) is 0. The van der Waals surface area contributed by atoms with E-state index < -0.39 is 0 Å². The predicted molar refractivity (Wildman–Crippen MR) is 113 cm³/mol. The van der Waals surface area contributed by atoms with Crippen molar-refractivity contribution in [2.45, 2.75) is 71.6 Å². The summed E-state index contributed by atoms with van der Waals surface area (Å²) < 4.78 is 5.26. The molecule has 0 amide bonds. The van der Waals surface area contributed by atoms with Gasteiger partial charge in [-0.25, -0.2) is 0 Å². The largest absolute Gasteiger partial charge is 0.357 e. The molecule has 0 saturated heterocycles. The van der Waals surface area contributed by atoms with Crippen molar-refractivity contribution in [3.05, 3.63) is 11.7 Å². The molecule has 6 nitrogen and oxygen atoms in total. The highest BCUT2D eigenvalue weighted by Gasteiger charge is 2.14. The molecule has 0 radical (unpaired) electrons. The molecule has 1 saturated carbocycles. The Morgan fingerprint density at radius 1 is 1.28 bits per heavy atom. The van der Waals surface area contributed by atoms with Crippen LogP contribution in [0.2, 0.25) is 0 Å². The second kappa shape index (κ2) is 12.5. The summed E-state index contributed by atoms with van der Waals surface area (Å²) in [5.74, 6) is 3.59. The minimum Gasteiger partial charge on any atom is -0.357 e. The van der Waals surface area contributed by atoms with Crippen molar-refractivity contribution < 1.29 is 4.52 Å². The third-order valence-electron chi connectivity index (χ3n) is 4.49. The molecule has 7 heteroatoms. The number of guanidine groups is 1. The van der Waals surface area contributed by atoms with Crippen molar-refractivity contribution >= 4 is 29.9 Å². The molecule has 1 aromatic rings. The van der Waals surface area contributed by atoms with Gasteiger partial charge in [0, 0.05) is 32.0 Å². The fraction of sp³-hybridized carbons (Fsp3) is 0.833. The number of nitrogens with zero attached hydrogens (tertiary/aromatic N) is 3. The van der Waals surface area contributed by atoms with E-state index in [-0.39, 0.29) is 24.0 Å². The molecule has 0 spiro atoms.